The molecular weight excluding hydrogens is 397 g/mol. The largest absolute Gasteiger partial charge is 0.423 e. The number of tetrazole rings is 1. The Kier molecular flexibility index (Phi) is 5.41. The van der Waals surface area contributed by atoms with Crippen molar-refractivity contribution in [1.29, 1.82) is 0 Å². The van der Waals surface area contributed by atoms with E-state index in [1.165, 1.54) is 0 Å². The van der Waals surface area contributed by atoms with Crippen LogP contribution in [0.4, 0.5) is 5.69 Å². The predicted octanol–water partition coefficient (Wildman–Crippen LogP) is 5.37. The number of nitrogens with zero attached hydrogens (tertiary/aromatic N) is 4. The molecule has 0 saturated heterocycles. The van der Waals surface area contributed by atoms with Gasteiger partial charge in [-0.2, -0.15) is 4.68 Å². The minimum absolute atomic E-state index is 0.292. The Morgan fingerprint density at radius 1 is 0.893 bits per heavy atom. The van der Waals surface area contributed by atoms with Gasteiger partial charge in [-0.1, -0.05) is 58.6 Å². The molecule has 0 unspecified atom stereocenters. The lowest BCUT2D eigenvalue weighted by molar-refractivity contribution is 0.427. The minimum Gasteiger partial charge on any atom is -0.423 e. The zero-order valence-electron chi connectivity index (χ0n) is 14.6. The standard InChI is InChI=1S/C20H15Cl2N5O/c21-18-10-9-15(12-19(18)22)23-13-14-5-4-8-17(11-14)28-20-24-25-26-27(20)16-6-2-1-3-7-16/h1-12,23H,13H2. The average molecular weight is 412 g/mol. The molecule has 1 aromatic heterocycles. The van der Waals surface area contributed by atoms with Crippen molar-refractivity contribution in [3.05, 3.63) is 88.4 Å². The molecule has 0 atom stereocenters. The number of para-hydroxylation sites is 1. The first kappa shape index (κ1) is 18.3. The lowest BCUT2D eigenvalue weighted by Gasteiger charge is -2.10. The van der Waals surface area contributed by atoms with Crippen LogP contribution in [0, 0.1) is 0 Å². The van der Waals surface area contributed by atoms with Gasteiger partial charge in [0.15, 0.2) is 0 Å². The summed E-state index contributed by atoms with van der Waals surface area (Å²) in [7, 11) is 0. The Labute approximate surface area is 171 Å². The average Bonchev–Trinajstić information content (AvgIpc) is 3.18. The van der Waals surface area contributed by atoms with Crippen molar-refractivity contribution < 1.29 is 4.74 Å². The highest BCUT2D eigenvalue weighted by molar-refractivity contribution is 6.42. The molecular formula is C20H15Cl2N5O. The van der Waals surface area contributed by atoms with Crippen molar-refractivity contribution in [2.24, 2.45) is 0 Å². The van der Waals surface area contributed by atoms with E-state index in [2.05, 4.69) is 20.8 Å². The Morgan fingerprint density at radius 3 is 2.57 bits per heavy atom. The summed E-state index contributed by atoms with van der Waals surface area (Å²) in [5, 5.41) is 16.0. The highest BCUT2D eigenvalue weighted by Gasteiger charge is 2.10. The molecule has 140 valence electrons. The zero-order chi connectivity index (χ0) is 19.3. The van der Waals surface area contributed by atoms with Crippen LogP contribution in [0.2, 0.25) is 10.0 Å². The van der Waals surface area contributed by atoms with Crippen LogP contribution in [0.5, 0.6) is 11.8 Å². The van der Waals surface area contributed by atoms with Gasteiger partial charge in [-0.3, -0.25) is 0 Å². The minimum atomic E-state index is 0.292. The van der Waals surface area contributed by atoms with E-state index >= 15 is 0 Å². The summed E-state index contributed by atoms with van der Waals surface area (Å²) in [6, 6.07) is 23.0. The molecule has 0 saturated carbocycles. The van der Waals surface area contributed by atoms with E-state index in [9.17, 15) is 0 Å². The summed E-state index contributed by atoms with van der Waals surface area (Å²) in [5.41, 5.74) is 2.73. The summed E-state index contributed by atoms with van der Waals surface area (Å²) in [4.78, 5) is 0. The summed E-state index contributed by atoms with van der Waals surface area (Å²) >= 11 is 12.0. The molecule has 0 fully saturated rings. The van der Waals surface area contributed by atoms with Crippen molar-refractivity contribution in [3.8, 4) is 17.4 Å². The van der Waals surface area contributed by atoms with Crippen LogP contribution in [0.25, 0.3) is 5.69 Å². The lowest BCUT2D eigenvalue weighted by Crippen LogP contribution is -2.01. The van der Waals surface area contributed by atoms with Crippen molar-refractivity contribution in [2.75, 3.05) is 5.32 Å². The van der Waals surface area contributed by atoms with Gasteiger partial charge in [-0.05, 0) is 58.5 Å². The second-order valence-corrected chi connectivity index (χ2v) is 6.76. The van der Waals surface area contributed by atoms with E-state index in [0.29, 0.717) is 28.3 Å². The molecule has 0 aliphatic carbocycles. The third kappa shape index (κ3) is 4.24. The monoisotopic (exact) mass is 411 g/mol. The van der Waals surface area contributed by atoms with E-state index in [-0.39, 0.29) is 0 Å². The Bertz CT molecular complexity index is 1080. The fourth-order valence-electron chi connectivity index (χ4n) is 2.61. The molecule has 3 aromatic carbocycles. The van der Waals surface area contributed by atoms with Gasteiger partial charge in [-0.25, -0.2) is 0 Å². The quantitative estimate of drug-likeness (QED) is 0.461. The number of hydrogen-bond acceptors (Lipinski definition) is 5. The van der Waals surface area contributed by atoms with Crippen LogP contribution in [-0.2, 0) is 6.54 Å². The molecule has 0 aliphatic rings. The van der Waals surface area contributed by atoms with Gasteiger partial charge in [-0.15, -0.1) is 0 Å². The molecule has 4 rings (SSSR count). The number of hydrogen-bond donors (Lipinski definition) is 1. The number of anilines is 1. The first-order valence-electron chi connectivity index (χ1n) is 8.48. The number of benzene rings is 3. The van der Waals surface area contributed by atoms with Gasteiger partial charge in [0.2, 0.25) is 0 Å². The molecule has 0 bridgehead atoms. The maximum absolute atomic E-state index is 6.05. The number of ether oxygens (including phenoxy) is 1. The van der Waals surface area contributed by atoms with Crippen molar-refractivity contribution in [2.45, 2.75) is 6.54 Å². The molecule has 0 spiro atoms. The van der Waals surface area contributed by atoms with Gasteiger partial charge >= 0.3 is 6.01 Å². The molecule has 1 N–H and O–H groups in total. The maximum atomic E-state index is 6.05. The van der Waals surface area contributed by atoms with E-state index in [4.69, 9.17) is 27.9 Å². The fourth-order valence-corrected chi connectivity index (χ4v) is 2.91. The van der Waals surface area contributed by atoms with Gasteiger partial charge in [0, 0.05) is 12.2 Å². The highest BCUT2D eigenvalue weighted by Crippen LogP contribution is 2.26. The summed E-state index contributed by atoms with van der Waals surface area (Å²) in [6.45, 7) is 0.596. The molecule has 1 heterocycles. The predicted molar refractivity (Wildman–Crippen MR) is 109 cm³/mol. The SMILES string of the molecule is Clc1ccc(NCc2cccc(Oc3nnnn3-c3ccccc3)c2)cc1Cl. The van der Waals surface area contributed by atoms with Crippen molar-refractivity contribution in [1.82, 2.24) is 20.2 Å². The van der Waals surface area contributed by atoms with Gasteiger partial charge < -0.3 is 10.1 Å². The number of nitrogens with one attached hydrogen (secondary N) is 1. The zero-order valence-corrected chi connectivity index (χ0v) is 16.1. The summed E-state index contributed by atoms with van der Waals surface area (Å²) < 4.78 is 7.43. The van der Waals surface area contributed by atoms with E-state index in [1.807, 2.05) is 60.7 Å². The second kappa shape index (κ2) is 8.29. The van der Waals surface area contributed by atoms with E-state index in [0.717, 1.165) is 16.9 Å². The summed E-state index contributed by atoms with van der Waals surface area (Å²) in [6.07, 6.45) is 0. The third-order valence-electron chi connectivity index (χ3n) is 3.97. The maximum Gasteiger partial charge on any atom is 0.345 e. The van der Waals surface area contributed by atoms with Crippen LogP contribution in [0.1, 0.15) is 5.56 Å². The first-order valence-corrected chi connectivity index (χ1v) is 9.24. The molecule has 4 aromatic rings. The number of aromatic nitrogens is 4. The lowest BCUT2D eigenvalue weighted by atomic mass is 10.2. The normalized spacial score (nSPS) is 10.6. The summed E-state index contributed by atoms with van der Waals surface area (Å²) in [5.74, 6) is 0.639. The van der Waals surface area contributed by atoms with Crippen molar-refractivity contribution in [3.63, 3.8) is 0 Å². The van der Waals surface area contributed by atoms with Crippen LogP contribution in [0.15, 0.2) is 72.8 Å². The van der Waals surface area contributed by atoms with Crippen LogP contribution in [-0.4, -0.2) is 20.2 Å². The van der Waals surface area contributed by atoms with Crippen molar-refractivity contribution >= 4 is 28.9 Å². The molecule has 0 amide bonds. The number of halogens is 2. The fraction of sp³-hybridized carbons (Fsp3) is 0.0500. The van der Waals surface area contributed by atoms with Crippen LogP contribution in [0.3, 0.4) is 0 Å². The Balaban J connectivity index is 1.47. The first-order chi connectivity index (χ1) is 13.7. The van der Waals surface area contributed by atoms with Crippen LogP contribution < -0.4 is 10.1 Å². The van der Waals surface area contributed by atoms with E-state index < -0.39 is 0 Å². The molecule has 0 radical (unpaired) electrons. The number of rotatable bonds is 6. The van der Waals surface area contributed by atoms with Gasteiger partial charge in [0.05, 0.1) is 15.7 Å². The van der Waals surface area contributed by atoms with Crippen LogP contribution >= 0.6 is 23.2 Å². The third-order valence-corrected chi connectivity index (χ3v) is 4.70. The van der Waals surface area contributed by atoms with Gasteiger partial charge in [0.25, 0.3) is 0 Å². The molecule has 6 nitrogen and oxygen atoms in total. The van der Waals surface area contributed by atoms with E-state index in [1.54, 1.807) is 16.8 Å². The molecule has 8 heteroatoms. The highest BCUT2D eigenvalue weighted by atomic mass is 35.5. The smallest absolute Gasteiger partial charge is 0.345 e. The molecule has 0 aliphatic heterocycles. The Morgan fingerprint density at radius 2 is 1.75 bits per heavy atom. The Hall–Kier alpha value is -3.09. The second-order valence-electron chi connectivity index (χ2n) is 5.94. The topological polar surface area (TPSA) is 64.9 Å². The van der Waals surface area contributed by atoms with Gasteiger partial charge in [0.1, 0.15) is 5.75 Å². The molecule has 28 heavy (non-hydrogen) atoms.